The first kappa shape index (κ1) is 11.5. The fraction of sp³-hybridized carbons (Fsp3) is 0.100. The third-order valence-electron chi connectivity index (χ3n) is 2.11. The van der Waals surface area contributed by atoms with Crippen LogP contribution in [0.25, 0.3) is 11.0 Å². The lowest BCUT2D eigenvalue weighted by molar-refractivity contribution is -0.125. The van der Waals surface area contributed by atoms with Crippen LogP contribution in [0.3, 0.4) is 0 Å². The first-order valence-electron chi connectivity index (χ1n) is 4.78. The van der Waals surface area contributed by atoms with Crippen molar-refractivity contribution in [1.82, 2.24) is 9.97 Å². The third kappa shape index (κ3) is 2.39. The molecule has 0 fully saturated rings. The van der Waals surface area contributed by atoms with Gasteiger partial charge in [-0.25, -0.2) is 4.98 Å². The predicted octanol–water partition coefficient (Wildman–Crippen LogP) is -0.00580. The molecule has 88 valence electrons. The number of amides is 2. The van der Waals surface area contributed by atoms with Crippen molar-refractivity contribution in [3.05, 3.63) is 24.3 Å². The van der Waals surface area contributed by atoms with Crippen molar-refractivity contribution < 1.29 is 9.59 Å². The van der Waals surface area contributed by atoms with Crippen molar-refractivity contribution in [3.63, 3.8) is 0 Å². The summed E-state index contributed by atoms with van der Waals surface area (Å²) in [6.45, 7) is 0. The molecule has 2 aromatic rings. The molecule has 17 heavy (non-hydrogen) atoms. The molecule has 2 amide bonds. The van der Waals surface area contributed by atoms with Gasteiger partial charge >= 0.3 is 0 Å². The number of aromatic amines is 1. The van der Waals surface area contributed by atoms with Crippen molar-refractivity contribution in [3.8, 4) is 0 Å². The lowest BCUT2D eigenvalue weighted by atomic mass is 10.3. The minimum absolute atomic E-state index is 0.439. The molecule has 6 nitrogen and oxygen atoms in total. The van der Waals surface area contributed by atoms with Crippen molar-refractivity contribution in [2.45, 2.75) is 10.4 Å². The van der Waals surface area contributed by atoms with Gasteiger partial charge < -0.3 is 16.5 Å². The monoisotopic (exact) mass is 250 g/mol. The number of thioether (sulfide) groups is 1. The molecule has 0 unspecified atom stereocenters. The van der Waals surface area contributed by atoms with Crippen LogP contribution in [-0.2, 0) is 9.59 Å². The molecular weight excluding hydrogens is 240 g/mol. The zero-order chi connectivity index (χ0) is 12.4. The second kappa shape index (κ2) is 4.46. The Morgan fingerprint density at radius 2 is 1.88 bits per heavy atom. The molecule has 0 bridgehead atoms. The topological polar surface area (TPSA) is 115 Å². The van der Waals surface area contributed by atoms with Crippen LogP contribution in [0.15, 0.2) is 29.4 Å². The molecule has 1 heterocycles. The largest absolute Gasteiger partial charge is 0.368 e. The number of benzene rings is 1. The summed E-state index contributed by atoms with van der Waals surface area (Å²) < 4.78 is 0. The molecule has 2 rings (SSSR count). The summed E-state index contributed by atoms with van der Waals surface area (Å²) in [5.41, 5.74) is 11.7. The van der Waals surface area contributed by atoms with Crippen molar-refractivity contribution in [1.29, 1.82) is 0 Å². The van der Waals surface area contributed by atoms with E-state index in [1.807, 2.05) is 24.3 Å². The van der Waals surface area contributed by atoms with Gasteiger partial charge in [0.1, 0.15) is 0 Å². The number of aromatic nitrogens is 2. The van der Waals surface area contributed by atoms with Gasteiger partial charge in [0.2, 0.25) is 11.8 Å². The number of para-hydroxylation sites is 2. The van der Waals surface area contributed by atoms with E-state index in [4.69, 9.17) is 11.5 Å². The Morgan fingerprint density at radius 3 is 2.47 bits per heavy atom. The van der Waals surface area contributed by atoms with Gasteiger partial charge in [0.15, 0.2) is 10.4 Å². The number of carbonyl (C=O) groups excluding carboxylic acids is 2. The standard InChI is InChI=1S/C10H10N4O2S/c11-8(15)7(9(12)16)17-10-13-5-3-1-2-4-6(5)14-10/h1-4,7H,(H2,11,15)(H2,12,16)(H,13,14). The van der Waals surface area contributed by atoms with Crippen LogP contribution < -0.4 is 11.5 Å². The smallest absolute Gasteiger partial charge is 0.240 e. The van der Waals surface area contributed by atoms with Gasteiger partial charge in [-0.05, 0) is 12.1 Å². The molecule has 7 heteroatoms. The lowest BCUT2D eigenvalue weighted by Gasteiger charge is -2.05. The summed E-state index contributed by atoms with van der Waals surface area (Å²) in [5, 5.41) is -0.677. The third-order valence-corrected chi connectivity index (χ3v) is 3.23. The van der Waals surface area contributed by atoms with Gasteiger partial charge in [-0.3, -0.25) is 9.59 Å². The Hall–Kier alpha value is -2.02. The highest BCUT2D eigenvalue weighted by molar-refractivity contribution is 8.01. The van der Waals surface area contributed by atoms with E-state index in [1.165, 1.54) is 0 Å². The number of fused-ring (bicyclic) bond motifs is 1. The van der Waals surface area contributed by atoms with Crippen LogP contribution in [0.4, 0.5) is 0 Å². The van der Waals surface area contributed by atoms with Gasteiger partial charge in [0.05, 0.1) is 11.0 Å². The summed E-state index contributed by atoms with van der Waals surface area (Å²) >= 11 is 0.915. The van der Waals surface area contributed by atoms with Gasteiger partial charge in [-0.1, -0.05) is 23.9 Å². The molecule has 5 N–H and O–H groups in total. The number of primary amides is 2. The molecule has 0 aliphatic carbocycles. The Balaban J connectivity index is 2.28. The second-order valence-electron chi connectivity index (χ2n) is 3.36. The number of nitrogens with one attached hydrogen (secondary N) is 1. The Bertz CT molecular complexity index is 533. The zero-order valence-corrected chi connectivity index (χ0v) is 9.53. The van der Waals surface area contributed by atoms with E-state index < -0.39 is 17.1 Å². The molecule has 1 aromatic carbocycles. The number of hydrogen-bond donors (Lipinski definition) is 3. The van der Waals surface area contributed by atoms with Crippen LogP contribution in [0, 0.1) is 0 Å². The number of carbonyl (C=O) groups is 2. The number of nitrogens with two attached hydrogens (primary N) is 2. The van der Waals surface area contributed by atoms with Crippen molar-refractivity contribution in [2.24, 2.45) is 11.5 Å². The van der Waals surface area contributed by atoms with E-state index in [0.717, 1.165) is 22.8 Å². The predicted molar refractivity (Wildman–Crippen MR) is 64.1 cm³/mol. The molecule has 1 aromatic heterocycles. The van der Waals surface area contributed by atoms with E-state index in [9.17, 15) is 9.59 Å². The van der Waals surface area contributed by atoms with E-state index in [-0.39, 0.29) is 0 Å². The van der Waals surface area contributed by atoms with Gasteiger partial charge in [0.25, 0.3) is 0 Å². The highest BCUT2D eigenvalue weighted by atomic mass is 32.2. The lowest BCUT2D eigenvalue weighted by Crippen LogP contribution is -2.37. The van der Waals surface area contributed by atoms with Crippen molar-refractivity contribution in [2.75, 3.05) is 0 Å². The fourth-order valence-electron chi connectivity index (χ4n) is 1.35. The number of rotatable bonds is 4. The summed E-state index contributed by atoms with van der Waals surface area (Å²) in [6, 6.07) is 7.36. The SMILES string of the molecule is NC(=O)C(Sc1nc2ccccc2[nH]1)C(N)=O. The number of nitrogens with zero attached hydrogens (tertiary/aromatic N) is 1. The number of H-pyrrole nitrogens is 1. The van der Waals surface area contributed by atoms with Crippen LogP contribution >= 0.6 is 11.8 Å². The summed E-state index contributed by atoms with van der Waals surface area (Å²) in [6.07, 6.45) is 0. The van der Waals surface area contributed by atoms with E-state index >= 15 is 0 Å². The maximum absolute atomic E-state index is 11.0. The van der Waals surface area contributed by atoms with E-state index in [1.54, 1.807) is 0 Å². The first-order valence-corrected chi connectivity index (χ1v) is 5.66. The second-order valence-corrected chi connectivity index (χ2v) is 4.46. The Morgan fingerprint density at radius 1 is 1.24 bits per heavy atom. The highest BCUT2D eigenvalue weighted by Crippen LogP contribution is 2.23. The Labute approximate surface area is 101 Å². The average Bonchev–Trinajstić information content (AvgIpc) is 2.67. The molecule has 0 radical (unpaired) electrons. The maximum Gasteiger partial charge on any atom is 0.240 e. The minimum Gasteiger partial charge on any atom is -0.368 e. The molecule has 0 aliphatic rings. The minimum atomic E-state index is -1.12. The first-order chi connectivity index (χ1) is 8.08. The van der Waals surface area contributed by atoms with Gasteiger partial charge in [-0.2, -0.15) is 0 Å². The van der Waals surface area contributed by atoms with Crippen LogP contribution in [0.2, 0.25) is 0 Å². The summed E-state index contributed by atoms with van der Waals surface area (Å²) in [5.74, 6) is -1.55. The zero-order valence-electron chi connectivity index (χ0n) is 8.71. The normalized spacial score (nSPS) is 10.9. The summed E-state index contributed by atoms with van der Waals surface area (Å²) in [4.78, 5) is 29.2. The Kier molecular flexibility index (Phi) is 3.01. The van der Waals surface area contributed by atoms with E-state index in [0.29, 0.717) is 5.16 Å². The van der Waals surface area contributed by atoms with Crippen LogP contribution in [-0.4, -0.2) is 27.0 Å². The van der Waals surface area contributed by atoms with Crippen molar-refractivity contribution >= 4 is 34.6 Å². The van der Waals surface area contributed by atoms with Gasteiger partial charge in [0, 0.05) is 0 Å². The quantitative estimate of drug-likeness (QED) is 0.523. The highest BCUT2D eigenvalue weighted by Gasteiger charge is 2.24. The molecule has 0 saturated heterocycles. The molecular formula is C10H10N4O2S. The number of imidazole rings is 1. The molecule has 0 aliphatic heterocycles. The average molecular weight is 250 g/mol. The molecule has 0 spiro atoms. The summed E-state index contributed by atoms with van der Waals surface area (Å²) in [7, 11) is 0. The molecule has 0 saturated carbocycles. The van der Waals surface area contributed by atoms with Gasteiger partial charge in [-0.15, -0.1) is 0 Å². The van der Waals surface area contributed by atoms with Crippen LogP contribution in [0.1, 0.15) is 0 Å². The maximum atomic E-state index is 11.0. The van der Waals surface area contributed by atoms with E-state index in [2.05, 4.69) is 9.97 Å². The molecule has 0 atom stereocenters. The number of hydrogen-bond acceptors (Lipinski definition) is 4. The fourth-order valence-corrected chi connectivity index (χ4v) is 2.13. The van der Waals surface area contributed by atoms with Crippen LogP contribution in [0.5, 0.6) is 0 Å².